The van der Waals surface area contributed by atoms with Gasteiger partial charge in [0.1, 0.15) is 0 Å². The molecule has 140 valence electrons. The first-order chi connectivity index (χ1) is 12.2. The van der Waals surface area contributed by atoms with Gasteiger partial charge in [-0.15, -0.1) is 24.0 Å². The number of fused-ring (bicyclic) bond motifs is 1. The zero-order chi connectivity index (χ0) is 17.5. The third kappa shape index (κ3) is 5.88. The van der Waals surface area contributed by atoms with E-state index in [9.17, 15) is 0 Å². The second-order valence-corrected chi connectivity index (χ2v) is 6.28. The Kier molecular flexibility index (Phi) is 8.18. The summed E-state index contributed by atoms with van der Waals surface area (Å²) in [4.78, 5) is 4.43. The van der Waals surface area contributed by atoms with E-state index in [1.807, 2.05) is 12.1 Å². The Morgan fingerprint density at radius 2 is 1.81 bits per heavy atom. The molecule has 0 aromatic heterocycles. The van der Waals surface area contributed by atoms with E-state index in [2.05, 4.69) is 46.0 Å². The number of nitrogens with one attached hydrogen (secondary N) is 2. The minimum atomic E-state index is 0. The number of guanidine groups is 1. The summed E-state index contributed by atoms with van der Waals surface area (Å²) in [7, 11) is 1.70. The Hall–Kier alpha value is -1.80. The van der Waals surface area contributed by atoms with E-state index in [1.165, 1.54) is 24.0 Å². The fraction of sp³-hybridized carbons (Fsp3) is 0.350. The van der Waals surface area contributed by atoms with E-state index in [1.54, 1.807) is 7.11 Å². The summed E-state index contributed by atoms with van der Waals surface area (Å²) in [6.07, 6.45) is 3.60. The number of ether oxygens (including phenoxy) is 1. The van der Waals surface area contributed by atoms with Gasteiger partial charge in [0.25, 0.3) is 0 Å². The van der Waals surface area contributed by atoms with Crippen molar-refractivity contribution in [2.24, 2.45) is 10.7 Å². The van der Waals surface area contributed by atoms with Crippen molar-refractivity contribution in [2.75, 3.05) is 30.9 Å². The second-order valence-electron chi connectivity index (χ2n) is 6.28. The van der Waals surface area contributed by atoms with Gasteiger partial charge in [-0.3, -0.25) is 0 Å². The van der Waals surface area contributed by atoms with Crippen LogP contribution in [0.3, 0.4) is 0 Å². The summed E-state index contributed by atoms with van der Waals surface area (Å²) in [5.74, 6) is 0.445. The predicted octanol–water partition coefficient (Wildman–Crippen LogP) is 3.78. The summed E-state index contributed by atoms with van der Waals surface area (Å²) in [6, 6.07) is 14.7. The van der Waals surface area contributed by atoms with Gasteiger partial charge in [0, 0.05) is 25.0 Å². The summed E-state index contributed by atoms with van der Waals surface area (Å²) in [5, 5.41) is 6.48. The van der Waals surface area contributed by atoms with E-state index < -0.39 is 0 Å². The van der Waals surface area contributed by atoms with E-state index in [4.69, 9.17) is 10.5 Å². The van der Waals surface area contributed by atoms with E-state index >= 15 is 0 Å². The standard InChI is InChI=1S/C20H26N4O.HI/c1-25-12-11-22-18-8-5-15(6-9-18)14-23-20(21)24-19-10-7-16-3-2-4-17(16)13-19;/h5-10,13,22H,2-4,11-12,14H2,1H3,(H3,21,23,24);1H. The molecule has 4 N–H and O–H groups in total. The van der Waals surface area contributed by atoms with Crippen LogP contribution in [0, 0.1) is 0 Å². The molecule has 0 amide bonds. The van der Waals surface area contributed by atoms with E-state index in [0.717, 1.165) is 29.9 Å². The van der Waals surface area contributed by atoms with Gasteiger partial charge in [-0.2, -0.15) is 0 Å². The Bertz CT molecular complexity index is 731. The minimum absolute atomic E-state index is 0. The highest BCUT2D eigenvalue weighted by atomic mass is 127. The molecule has 26 heavy (non-hydrogen) atoms. The lowest BCUT2D eigenvalue weighted by Crippen LogP contribution is -2.22. The van der Waals surface area contributed by atoms with Crippen LogP contribution in [0.15, 0.2) is 47.5 Å². The summed E-state index contributed by atoms with van der Waals surface area (Å²) in [6.45, 7) is 2.05. The molecule has 2 aromatic carbocycles. The van der Waals surface area contributed by atoms with E-state index in [0.29, 0.717) is 19.1 Å². The summed E-state index contributed by atoms with van der Waals surface area (Å²) >= 11 is 0. The molecule has 0 saturated heterocycles. The molecular formula is C20H27IN4O. The minimum Gasteiger partial charge on any atom is -0.383 e. The van der Waals surface area contributed by atoms with Crippen LogP contribution in [0.2, 0.25) is 0 Å². The molecule has 0 spiro atoms. The van der Waals surface area contributed by atoms with Crippen LogP contribution in [0.1, 0.15) is 23.1 Å². The topological polar surface area (TPSA) is 71.7 Å². The summed E-state index contributed by atoms with van der Waals surface area (Å²) in [5.41, 5.74) is 12.1. The average Bonchev–Trinajstić information content (AvgIpc) is 3.09. The first-order valence-electron chi connectivity index (χ1n) is 8.75. The molecule has 0 saturated carbocycles. The number of benzene rings is 2. The van der Waals surface area contributed by atoms with Crippen LogP contribution in [0.4, 0.5) is 11.4 Å². The van der Waals surface area contributed by atoms with Crippen LogP contribution in [0.5, 0.6) is 0 Å². The van der Waals surface area contributed by atoms with Gasteiger partial charge in [0.2, 0.25) is 0 Å². The Morgan fingerprint density at radius 1 is 1.08 bits per heavy atom. The second kappa shape index (κ2) is 10.4. The van der Waals surface area contributed by atoms with Gasteiger partial charge in [0.05, 0.1) is 13.2 Å². The van der Waals surface area contributed by atoms with Gasteiger partial charge in [-0.25, -0.2) is 4.99 Å². The van der Waals surface area contributed by atoms with E-state index in [-0.39, 0.29) is 24.0 Å². The molecule has 5 nitrogen and oxygen atoms in total. The highest BCUT2D eigenvalue weighted by Gasteiger charge is 2.10. The van der Waals surface area contributed by atoms with Crippen LogP contribution < -0.4 is 16.4 Å². The maximum absolute atomic E-state index is 6.02. The van der Waals surface area contributed by atoms with Crippen LogP contribution in [-0.4, -0.2) is 26.2 Å². The molecule has 2 aromatic rings. The molecular weight excluding hydrogens is 439 g/mol. The molecule has 0 heterocycles. The lowest BCUT2D eigenvalue weighted by molar-refractivity contribution is 0.211. The zero-order valence-electron chi connectivity index (χ0n) is 15.1. The van der Waals surface area contributed by atoms with Gasteiger partial charge < -0.3 is 21.1 Å². The number of halogens is 1. The Labute approximate surface area is 172 Å². The van der Waals surface area contributed by atoms with Crippen molar-refractivity contribution >= 4 is 41.3 Å². The lowest BCUT2D eigenvalue weighted by atomic mass is 10.1. The lowest BCUT2D eigenvalue weighted by Gasteiger charge is -2.08. The number of aliphatic imine (C=N–C) groups is 1. The van der Waals surface area contributed by atoms with Crippen LogP contribution in [0.25, 0.3) is 0 Å². The summed E-state index contributed by atoms with van der Waals surface area (Å²) < 4.78 is 5.02. The molecule has 3 rings (SSSR count). The Morgan fingerprint density at radius 3 is 2.58 bits per heavy atom. The number of hydrogen-bond donors (Lipinski definition) is 3. The van der Waals surface area contributed by atoms with Crippen molar-refractivity contribution in [1.29, 1.82) is 0 Å². The third-order valence-corrected chi connectivity index (χ3v) is 4.39. The molecule has 0 unspecified atom stereocenters. The monoisotopic (exact) mass is 466 g/mol. The van der Waals surface area contributed by atoms with Gasteiger partial charge >= 0.3 is 0 Å². The van der Waals surface area contributed by atoms with Gasteiger partial charge in [-0.05, 0) is 60.2 Å². The number of rotatable bonds is 7. The van der Waals surface area contributed by atoms with Gasteiger partial charge in [-0.1, -0.05) is 18.2 Å². The molecule has 6 heteroatoms. The number of anilines is 2. The molecule has 1 aliphatic carbocycles. The van der Waals surface area contributed by atoms with Crippen molar-refractivity contribution in [2.45, 2.75) is 25.8 Å². The molecule has 0 aliphatic heterocycles. The number of methoxy groups -OCH3 is 1. The predicted molar refractivity (Wildman–Crippen MR) is 120 cm³/mol. The zero-order valence-corrected chi connectivity index (χ0v) is 17.5. The molecule has 0 fully saturated rings. The average molecular weight is 466 g/mol. The van der Waals surface area contributed by atoms with Crippen molar-refractivity contribution in [3.63, 3.8) is 0 Å². The molecule has 0 bridgehead atoms. The SMILES string of the molecule is COCCNc1ccc(CN=C(N)Nc2ccc3c(c2)CCC3)cc1.I. The quantitative estimate of drug-likeness (QED) is 0.252. The third-order valence-electron chi connectivity index (χ3n) is 4.39. The normalized spacial score (nSPS) is 13.0. The molecule has 1 aliphatic rings. The molecule has 0 atom stereocenters. The maximum atomic E-state index is 6.02. The number of hydrogen-bond acceptors (Lipinski definition) is 3. The number of nitrogens with two attached hydrogens (primary N) is 1. The highest BCUT2D eigenvalue weighted by Crippen LogP contribution is 2.24. The molecule has 0 radical (unpaired) electrons. The smallest absolute Gasteiger partial charge is 0.193 e. The van der Waals surface area contributed by atoms with Crippen molar-refractivity contribution < 1.29 is 4.74 Å². The Balaban J connectivity index is 0.00000243. The fourth-order valence-corrected chi connectivity index (χ4v) is 3.04. The van der Waals surface area contributed by atoms with Gasteiger partial charge in [0.15, 0.2) is 5.96 Å². The van der Waals surface area contributed by atoms with Crippen molar-refractivity contribution in [3.8, 4) is 0 Å². The maximum Gasteiger partial charge on any atom is 0.193 e. The number of aryl methyl sites for hydroxylation is 2. The van der Waals surface area contributed by atoms with Crippen LogP contribution >= 0.6 is 24.0 Å². The fourth-order valence-electron chi connectivity index (χ4n) is 3.04. The van der Waals surface area contributed by atoms with Crippen LogP contribution in [-0.2, 0) is 24.1 Å². The number of nitrogens with zero attached hydrogens (tertiary/aromatic N) is 1. The first-order valence-corrected chi connectivity index (χ1v) is 8.75. The highest BCUT2D eigenvalue weighted by molar-refractivity contribution is 14.0. The largest absolute Gasteiger partial charge is 0.383 e. The first kappa shape index (κ1) is 20.5. The van der Waals surface area contributed by atoms with Crippen molar-refractivity contribution in [1.82, 2.24) is 0 Å². The van der Waals surface area contributed by atoms with Crippen molar-refractivity contribution in [3.05, 3.63) is 59.2 Å².